The molecule has 118 valence electrons. The van der Waals surface area contributed by atoms with Crippen LogP contribution in [0, 0.1) is 0 Å². The predicted molar refractivity (Wildman–Crippen MR) is 85.2 cm³/mol. The van der Waals surface area contributed by atoms with Gasteiger partial charge in [0.15, 0.2) is 0 Å². The lowest BCUT2D eigenvalue weighted by Crippen LogP contribution is -2.21. The van der Waals surface area contributed by atoms with Crippen LogP contribution < -0.4 is 4.87 Å². The minimum Gasteiger partial charge on any atom is -0.461 e. The number of aromatic nitrogens is 2. The number of ether oxygens (including phenoxy) is 1. The molecule has 0 saturated carbocycles. The smallest absolute Gasteiger partial charge is 0.356 e. The van der Waals surface area contributed by atoms with Gasteiger partial charge in [0.25, 0.3) is 0 Å². The maximum absolute atomic E-state index is 11.8. The van der Waals surface area contributed by atoms with E-state index in [1.54, 1.807) is 19.3 Å². The molecule has 2 aromatic heterocycles. The Labute approximate surface area is 132 Å². The number of carbonyl (C=O) groups excluding carboxylic acids is 1. The van der Waals surface area contributed by atoms with Crippen LogP contribution in [0.2, 0.25) is 0 Å². The summed E-state index contributed by atoms with van der Waals surface area (Å²) in [6, 6.07) is 3.96. The molecule has 0 bridgehead atoms. The zero-order valence-electron chi connectivity index (χ0n) is 12.7. The van der Waals surface area contributed by atoms with Crippen molar-refractivity contribution in [2.45, 2.75) is 19.9 Å². The van der Waals surface area contributed by atoms with E-state index in [0.717, 1.165) is 24.3 Å². The highest BCUT2D eigenvalue weighted by molar-refractivity contribution is 7.09. The summed E-state index contributed by atoms with van der Waals surface area (Å²) in [6.07, 6.45) is 4.42. The van der Waals surface area contributed by atoms with Gasteiger partial charge < -0.3 is 14.6 Å². The zero-order chi connectivity index (χ0) is 15.9. The van der Waals surface area contributed by atoms with Crippen molar-refractivity contribution in [2.75, 3.05) is 20.2 Å². The van der Waals surface area contributed by atoms with E-state index >= 15 is 0 Å². The highest BCUT2D eigenvalue weighted by Gasteiger charge is 2.18. The Morgan fingerprint density at radius 3 is 2.82 bits per heavy atom. The van der Waals surface area contributed by atoms with Crippen molar-refractivity contribution >= 4 is 17.3 Å². The number of aromatic amines is 1. The summed E-state index contributed by atoms with van der Waals surface area (Å²) in [5, 5.41) is 0. The van der Waals surface area contributed by atoms with Gasteiger partial charge in [-0.3, -0.25) is 9.78 Å². The molecule has 0 aromatic carbocycles. The van der Waals surface area contributed by atoms with E-state index in [9.17, 15) is 9.59 Å². The first kappa shape index (κ1) is 16.4. The lowest BCUT2D eigenvalue weighted by molar-refractivity contribution is 0.0518. The molecule has 1 N–H and O–H groups in total. The molecule has 0 amide bonds. The number of carbonyl (C=O) groups is 1. The molecule has 0 fully saturated rings. The molecule has 7 heteroatoms. The molecule has 0 radical (unpaired) electrons. The quantitative estimate of drug-likeness (QED) is 0.785. The number of hydrogen-bond donors (Lipinski definition) is 1. The van der Waals surface area contributed by atoms with Gasteiger partial charge in [0.05, 0.1) is 11.5 Å². The molecule has 0 unspecified atom stereocenters. The van der Waals surface area contributed by atoms with E-state index < -0.39 is 5.97 Å². The van der Waals surface area contributed by atoms with Crippen LogP contribution >= 0.6 is 11.3 Å². The number of likely N-dealkylation sites (N-methyl/N-ethyl adjacent to an activating group) is 1. The van der Waals surface area contributed by atoms with E-state index in [-0.39, 0.29) is 17.2 Å². The summed E-state index contributed by atoms with van der Waals surface area (Å²) in [4.78, 5) is 32.4. The molecule has 2 heterocycles. The molecule has 0 aliphatic carbocycles. The van der Waals surface area contributed by atoms with Crippen molar-refractivity contribution in [3.05, 3.63) is 50.3 Å². The van der Waals surface area contributed by atoms with Crippen molar-refractivity contribution in [1.82, 2.24) is 14.9 Å². The number of nitrogens with one attached hydrogen (secondary N) is 1. The minimum absolute atomic E-state index is 0.236. The summed E-state index contributed by atoms with van der Waals surface area (Å²) >= 11 is 1.05. The molecular weight excluding hydrogens is 302 g/mol. The average Bonchev–Trinajstić information content (AvgIpc) is 2.87. The van der Waals surface area contributed by atoms with Gasteiger partial charge in [0.2, 0.25) is 0 Å². The fourth-order valence-electron chi connectivity index (χ4n) is 2.03. The summed E-state index contributed by atoms with van der Waals surface area (Å²) < 4.78 is 4.96. The molecule has 0 aliphatic heterocycles. The summed E-state index contributed by atoms with van der Waals surface area (Å²) in [5.41, 5.74) is 1.47. The maximum atomic E-state index is 11.8. The van der Waals surface area contributed by atoms with Crippen LogP contribution in [-0.4, -0.2) is 41.0 Å². The third-order valence-corrected chi connectivity index (χ3v) is 4.01. The normalized spacial score (nSPS) is 10.9. The van der Waals surface area contributed by atoms with Gasteiger partial charge in [-0.25, -0.2) is 4.79 Å². The molecule has 6 nitrogen and oxygen atoms in total. The van der Waals surface area contributed by atoms with Gasteiger partial charge in [0, 0.05) is 25.5 Å². The number of nitrogens with zero attached hydrogens (tertiary/aromatic N) is 2. The number of pyridine rings is 1. The van der Waals surface area contributed by atoms with Gasteiger partial charge in [-0.1, -0.05) is 11.3 Å². The van der Waals surface area contributed by atoms with Crippen LogP contribution in [0.3, 0.4) is 0 Å². The Kier molecular flexibility index (Phi) is 5.85. The first-order valence-electron chi connectivity index (χ1n) is 7.06. The number of thiazole rings is 1. The van der Waals surface area contributed by atoms with Crippen LogP contribution in [0.15, 0.2) is 29.3 Å². The van der Waals surface area contributed by atoms with Crippen LogP contribution in [-0.2, 0) is 17.7 Å². The van der Waals surface area contributed by atoms with Gasteiger partial charge >= 0.3 is 10.8 Å². The average molecular weight is 321 g/mol. The van der Waals surface area contributed by atoms with Gasteiger partial charge in [-0.05, 0) is 38.1 Å². The fraction of sp³-hybridized carbons (Fsp3) is 0.400. The third kappa shape index (κ3) is 4.51. The third-order valence-electron chi connectivity index (χ3n) is 3.15. The number of hydrogen-bond acceptors (Lipinski definition) is 6. The second-order valence-electron chi connectivity index (χ2n) is 4.88. The lowest BCUT2D eigenvalue weighted by atomic mass is 10.2. The number of H-pyrrole nitrogens is 1. The highest BCUT2D eigenvalue weighted by atomic mass is 32.1. The largest absolute Gasteiger partial charge is 0.461 e. The molecule has 0 spiro atoms. The van der Waals surface area contributed by atoms with E-state index in [4.69, 9.17) is 4.74 Å². The van der Waals surface area contributed by atoms with Crippen LogP contribution in [0.5, 0.6) is 0 Å². The highest BCUT2D eigenvalue weighted by Crippen LogP contribution is 2.13. The standard InChI is InChI=1S/C15H19N3O3S/c1-3-21-14(19)13-12(22-15(20)17-13)10-18(2)9-6-11-4-7-16-8-5-11/h4-5,7-8H,3,6,9-10H2,1-2H3,(H,17,20). The second kappa shape index (κ2) is 7.86. The Morgan fingerprint density at radius 2 is 2.14 bits per heavy atom. The van der Waals surface area contributed by atoms with Crippen LogP contribution in [0.1, 0.15) is 27.9 Å². The van der Waals surface area contributed by atoms with Crippen molar-refractivity contribution in [3.8, 4) is 0 Å². The molecule has 2 rings (SSSR count). The van der Waals surface area contributed by atoms with E-state index in [2.05, 4.69) is 14.9 Å². The Balaban J connectivity index is 1.98. The van der Waals surface area contributed by atoms with Crippen molar-refractivity contribution in [3.63, 3.8) is 0 Å². The Bertz CT molecular complexity index is 666. The molecule has 2 aromatic rings. The fourth-order valence-corrected chi connectivity index (χ4v) is 2.93. The van der Waals surface area contributed by atoms with Crippen LogP contribution in [0.25, 0.3) is 0 Å². The van der Waals surface area contributed by atoms with Crippen molar-refractivity contribution in [1.29, 1.82) is 0 Å². The van der Waals surface area contributed by atoms with E-state index in [1.807, 2.05) is 19.2 Å². The van der Waals surface area contributed by atoms with Crippen molar-refractivity contribution in [2.24, 2.45) is 0 Å². The SMILES string of the molecule is CCOC(=O)c1[nH]c(=O)sc1CN(C)CCc1ccncc1. The van der Waals surface area contributed by atoms with Crippen LogP contribution in [0.4, 0.5) is 0 Å². The zero-order valence-corrected chi connectivity index (χ0v) is 13.5. The molecular formula is C15H19N3O3S. The molecule has 0 aliphatic rings. The lowest BCUT2D eigenvalue weighted by Gasteiger charge is -2.16. The number of esters is 1. The first-order valence-corrected chi connectivity index (χ1v) is 7.88. The van der Waals surface area contributed by atoms with Crippen molar-refractivity contribution < 1.29 is 9.53 Å². The maximum Gasteiger partial charge on any atom is 0.356 e. The Morgan fingerprint density at radius 1 is 1.41 bits per heavy atom. The Hall–Kier alpha value is -1.99. The summed E-state index contributed by atoms with van der Waals surface area (Å²) in [6.45, 7) is 3.37. The minimum atomic E-state index is -0.474. The van der Waals surface area contributed by atoms with E-state index in [1.165, 1.54) is 5.56 Å². The topological polar surface area (TPSA) is 75.3 Å². The summed E-state index contributed by atoms with van der Waals surface area (Å²) in [7, 11) is 1.96. The molecule has 22 heavy (non-hydrogen) atoms. The first-order chi connectivity index (χ1) is 10.6. The predicted octanol–water partition coefficient (Wildman–Crippen LogP) is 1.68. The molecule has 0 atom stereocenters. The molecule has 0 saturated heterocycles. The van der Waals surface area contributed by atoms with Gasteiger partial charge in [-0.15, -0.1) is 0 Å². The van der Waals surface area contributed by atoms with Gasteiger partial charge in [-0.2, -0.15) is 0 Å². The second-order valence-corrected chi connectivity index (χ2v) is 5.94. The number of rotatable bonds is 7. The summed E-state index contributed by atoms with van der Waals surface area (Å²) in [5.74, 6) is -0.474. The monoisotopic (exact) mass is 321 g/mol. The van der Waals surface area contributed by atoms with Gasteiger partial charge in [0.1, 0.15) is 5.69 Å². The van der Waals surface area contributed by atoms with E-state index in [0.29, 0.717) is 11.4 Å².